The van der Waals surface area contributed by atoms with Gasteiger partial charge in [0.2, 0.25) is 0 Å². The Morgan fingerprint density at radius 2 is 1.67 bits per heavy atom. The number of hydrogen-bond donors (Lipinski definition) is 2. The SMILES string of the molecule is COc1ccc(NC(=S)NC(C(C)C)C(C)C)c(OC)c1. The van der Waals surface area contributed by atoms with Crippen molar-refractivity contribution in [3.8, 4) is 11.5 Å². The van der Waals surface area contributed by atoms with Gasteiger partial charge in [0.25, 0.3) is 0 Å². The monoisotopic (exact) mass is 310 g/mol. The Bertz CT molecular complexity index is 467. The molecule has 0 saturated heterocycles. The number of anilines is 1. The summed E-state index contributed by atoms with van der Waals surface area (Å²) in [4.78, 5) is 0. The molecule has 0 unspecified atom stereocenters. The molecule has 0 aliphatic rings. The third-order valence-electron chi connectivity index (χ3n) is 3.39. The highest BCUT2D eigenvalue weighted by Gasteiger charge is 2.18. The lowest BCUT2D eigenvalue weighted by Gasteiger charge is -2.27. The van der Waals surface area contributed by atoms with Gasteiger partial charge in [-0.15, -0.1) is 0 Å². The first-order chi connectivity index (χ1) is 9.88. The molecule has 1 aromatic rings. The largest absolute Gasteiger partial charge is 0.497 e. The first-order valence-electron chi connectivity index (χ1n) is 7.18. The lowest BCUT2D eigenvalue weighted by Crippen LogP contribution is -2.44. The van der Waals surface area contributed by atoms with E-state index in [9.17, 15) is 0 Å². The van der Waals surface area contributed by atoms with Crippen molar-refractivity contribution in [2.24, 2.45) is 11.8 Å². The Hall–Kier alpha value is -1.49. The highest BCUT2D eigenvalue weighted by molar-refractivity contribution is 7.80. The molecule has 5 heteroatoms. The maximum atomic E-state index is 5.41. The molecule has 0 aliphatic carbocycles. The van der Waals surface area contributed by atoms with Crippen LogP contribution < -0.4 is 20.1 Å². The first kappa shape index (κ1) is 17.6. The van der Waals surface area contributed by atoms with E-state index in [1.807, 2.05) is 18.2 Å². The van der Waals surface area contributed by atoms with Crippen LogP contribution in [0.3, 0.4) is 0 Å². The quantitative estimate of drug-likeness (QED) is 0.785. The number of hydrogen-bond acceptors (Lipinski definition) is 3. The van der Waals surface area contributed by atoms with Gasteiger partial charge < -0.3 is 20.1 Å². The van der Waals surface area contributed by atoms with E-state index in [0.717, 1.165) is 11.4 Å². The fourth-order valence-corrected chi connectivity index (χ4v) is 2.56. The average molecular weight is 310 g/mol. The van der Waals surface area contributed by atoms with Gasteiger partial charge in [0.15, 0.2) is 5.11 Å². The molecule has 0 heterocycles. The molecule has 4 nitrogen and oxygen atoms in total. The van der Waals surface area contributed by atoms with Crippen molar-refractivity contribution in [1.29, 1.82) is 0 Å². The second kappa shape index (κ2) is 8.08. The van der Waals surface area contributed by atoms with Crippen molar-refractivity contribution in [2.75, 3.05) is 19.5 Å². The Morgan fingerprint density at radius 3 is 2.14 bits per heavy atom. The van der Waals surface area contributed by atoms with Crippen molar-refractivity contribution in [3.05, 3.63) is 18.2 Å². The molecule has 118 valence electrons. The van der Waals surface area contributed by atoms with E-state index in [1.165, 1.54) is 0 Å². The normalized spacial score (nSPS) is 10.9. The number of methoxy groups -OCH3 is 2. The number of benzene rings is 1. The highest BCUT2D eigenvalue weighted by Crippen LogP contribution is 2.29. The molecule has 0 bridgehead atoms. The van der Waals surface area contributed by atoms with E-state index >= 15 is 0 Å². The summed E-state index contributed by atoms with van der Waals surface area (Å²) in [7, 11) is 3.26. The molecule has 2 N–H and O–H groups in total. The molecule has 1 aromatic carbocycles. The summed E-state index contributed by atoms with van der Waals surface area (Å²) in [6.45, 7) is 8.75. The molecule has 0 atom stereocenters. The first-order valence-corrected chi connectivity index (χ1v) is 7.59. The van der Waals surface area contributed by atoms with Crippen molar-refractivity contribution < 1.29 is 9.47 Å². The van der Waals surface area contributed by atoms with E-state index < -0.39 is 0 Å². The van der Waals surface area contributed by atoms with E-state index in [2.05, 4.69) is 38.3 Å². The van der Waals surface area contributed by atoms with Crippen molar-refractivity contribution in [3.63, 3.8) is 0 Å². The summed E-state index contributed by atoms with van der Waals surface area (Å²) in [6, 6.07) is 5.92. The molecular weight excluding hydrogens is 284 g/mol. The van der Waals surface area contributed by atoms with Gasteiger partial charge >= 0.3 is 0 Å². The van der Waals surface area contributed by atoms with Gasteiger partial charge in [-0.2, -0.15) is 0 Å². The molecular formula is C16H26N2O2S. The van der Waals surface area contributed by atoms with Crippen LogP contribution >= 0.6 is 12.2 Å². The molecule has 0 aliphatic heterocycles. The fraction of sp³-hybridized carbons (Fsp3) is 0.562. The smallest absolute Gasteiger partial charge is 0.171 e. The zero-order chi connectivity index (χ0) is 16.0. The van der Waals surface area contributed by atoms with E-state index in [4.69, 9.17) is 21.7 Å². The van der Waals surface area contributed by atoms with E-state index in [-0.39, 0.29) is 0 Å². The maximum absolute atomic E-state index is 5.41. The number of rotatable bonds is 6. The van der Waals surface area contributed by atoms with Crippen LogP contribution in [0, 0.1) is 11.8 Å². The third kappa shape index (κ3) is 5.08. The van der Waals surface area contributed by atoms with Crippen LogP contribution in [-0.4, -0.2) is 25.4 Å². The van der Waals surface area contributed by atoms with Crippen molar-refractivity contribution >= 4 is 23.0 Å². The molecule has 0 aromatic heterocycles. The van der Waals surface area contributed by atoms with Crippen LogP contribution in [0.1, 0.15) is 27.7 Å². The van der Waals surface area contributed by atoms with Gasteiger partial charge in [0.05, 0.1) is 19.9 Å². The molecule has 0 fully saturated rings. The predicted molar refractivity (Wildman–Crippen MR) is 92.4 cm³/mol. The molecule has 21 heavy (non-hydrogen) atoms. The van der Waals surface area contributed by atoms with Gasteiger partial charge in [-0.1, -0.05) is 27.7 Å². The number of thiocarbonyl (C=S) groups is 1. The Kier molecular flexibility index (Phi) is 6.75. The lowest BCUT2D eigenvalue weighted by atomic mass is 9.93. The number of nitrogens with one attached hydrogen (secondary N) is 2. The minimum Gasteiger partial charge on any atom is -0.497 e. The van der Waals surface area contributed by atoms with E-state index in [0.29, 0.717) is 28.7 Å². The molecule has 0 amide bonds. The summed E-state index contributed by atoms with van der Waals surface area (Å²) in [6.07, 6.45) is 0. The van der Waals surface area contributed by atoms with Crippen LogP contribution in [0.5, 0.6) is 11.5 Å². The second-order valence-corrected chi connectivity index (χ2v) is 6.09. The van der Waals surface area contributed by atoms with E-state index in [1.54, 1.807) is 14.2 Å². The minimum atomic E-state index is 0.328. The second-order valence-electron chi connectivity index (χ2n) is 5.68. The Labute approximate surface area is 133 Å². The zero-order valence-corrected chi connectivity index (χ0v) is 14.5. The van der Waals surface area contributed by atoms with Gasteiger partial charge in [0, 0.05) is 12.1 Å². The van der Waals surface area contributed by atoms with Gasteiger partial charge in [-0.05, 0) is 36.2 Å². The van der Waals surface area contributed by atoms with Crippen LogP contribution in [-0.2, 0) is 0 Å². The molecule has 1 rings (SSSR count). The highest BCUT2D eigenvalue weighted by atomic mass is 32.1. The fourth-order valence-electron chi connectivity index (χ4n) is 2.31. The summed E-state index contributed by atoms with van der Waals surface area (Å²) < 4.78 is 10.5. The van der Waals surface area contributed by atoms with Gasteiger partial charge in [-0.25, -0.2) is 0 Å². The van der Waals surface area contributed by atoms with Crippen LogP contribution in [0.15, 0.2) is 18.2 Å². The summed E-state index contributed by atoms with van der Waals surface area (Å²) >= 11 is 5.41. The Balaban J connectivity index is 2.78. The standard InChI is InChI=1S/C16H26N2O2S/c1-10(2)15(11(3)4)18-16(21)17-13-8-7-12(19-5)9-14(13)20-6/h7-11,15H,1-6H3,(H2,17,18,21). The van der Waals surface area contributed by atoms with Crippen LogP contribution in [0.4, 0.5) is 5.69 Å². The van der Waals surface area contributed by atoms with Crippen LogP contribution in [0.25, 0.3) is 0 Å². The number of ether oxygens (including phenoxy) is 2. The maximum Gasteiger partial charge on any atom is 0.171 e. The minimum absolute atomic E-state index is 0.328. The topological polar surface area (TPSA) is 42.5 Å². The van der Waals surface area contributed by atoms with Crippen molar-refractivity contribution in [1.82, 2.24) is 5.32 Å². The van der Waals surface area contributed by atoms with Gasteiger partial charge in [0.1, 0.15) is 11.5 Å². The average Bonchev–Trinajstić information content (AvgIpc) is 2.44. The Morgan fingerprint density at radius 1 is 1.05 bits per heavy atom. The lowest BCUT2D eigenvalue weighted by molar-refractivity contribution is 0.356. The predicted octanol–water partition coefficient (Wildman–Crippen LogP) is 3.67. The summed E-state index contributed by atoms with van der Waals surface area (Å²) in [5, 5.41) is 7.17. The summed E-state index contributed by atoms with van der Waals surface area (Å²) in [5.41, 5.74) is 0.821. The third-order valence-corrected chi connectivity index (χ3v) is 3.61. The molecule has 0 saturated carbocycles. The summed E-state index contributed by atoms with van der Waals surface area (Å²) in [5.74, 6) is 2.45. The molecule has 0 radical (unpaired) electrons. The van der Waals surface area contributed by atoms with Crippen LogP contribution in [0.2, 0.25) is 0 Å². The van der Waals surface area contributed by atoms with Gasteiger partial charge in [-0.3, -0.25) is 0 Å². The zero-order valence-electron chi connectivity index (χ0n) is 13.7. The molecule has 0 spiro atoms. The van der Waals surface area contributed by atoms with Crippen molar-refractivity contribution in [2.45, 2.75) is 33.7 Å².